The van der Waals surface area contributed by atoms with Crippen molar-refractivity contribution in [3.05, 3.63) is 29.3 Å². The molecule has 1 atom stereocenters. The van der Waals surface area contributed by atoms with Gasteiger partial charge in [-0.3, -0.25) is 4.79 Å². The van der Waals surface area contributed by atoms with Crippen LogP contribution in [0.4, 0.5) is 0 Å². The number of nitrogens with zero attached hydrogens (tertiary/aromatic N) is 1. The number of rotatable bonds is 2. The van der Waals surface area contributed by atoms with Gasteiger partial charge < -0.3 is 19.1 Å². The van der Waals surface area contributed by atoms with Crippen molar-refractivity contribution in [1.82, 2.24) is 4.90 Å². The minimum atomic E-state index is -1.01. The molecule has 0 saturated carbocycles. The lowest BCUT2D eigenvalue weighted by Crippen LogP contribution is -2.51. The summed E-state index contributed by atoms with van der Waals surface area (Å²) in [7, 11) is 3.90. The summed E-state index contributed by atoms with van der Waals surface area (Å²) < 4.78 is 14.3. The molecule has 0 radical (unpaired) electrons. The summed E-state index contributed by atoms with van der Waals surface area (Å²) in [5.41, 5.74) is 1.72. The monoisotopic (exact) mass is 307 g/mol. The first kappa shape index (κ1) is 15.8. The van der Waals surface area contributed by atoms with E-state index in [9.17, 15) is 14.4 Å². The summed E-state index contributed by atoms with van der Waals surface area (Å²) >= 11 is 0. The molecule has 1 aromatic carbocycles. The molecule has 1 aliphatic rings. The molecule has 0 fully saturated rings. The number of hydrogen-bond acceptors (Lipinski definition) is 6. The van der Waals surface area contributed by atoms with Gasteiger partial charge in [-0.15, -0.1) is 0 Å². The number of ether oxygens (including phenoxy) is 3. The van der Waals surface area contributed by atoms with E-state index in [1.807, 2.05) is 6.07 Å². The number of amides is 1. The first-order chi connectivity index (χ1) is 10.5. The molecule has 1 aromatic rings. The Kier molecular flexibility index (Phi) is 4.65. The number of carbonyl (C=O) groups excluding carboxylic acids is 3. The van der Waals surface area contributed by atoms with E-state index in [4.69, 9.17) is 9.47 Å². The van der Waals surface area contributed by atoms with Gasteiger partial charge in [0.25, 0.3) is 0 Å². The van der Waals surface area contributed by atoms with Crippen molar-refractivity contribution in [2.75, 3.05) is 21.3 Å². The number of carbonyl (C=O) groups is 3. The van der Waals surface area contributed by atoms with Crippen LogP contribution in [0.3, 0.4) is 0 Å². The van der Waals surface area contributed by atoms with Gasteiger partial charge in [0.2, 0.25) is 0 Å². The maximum absolute atomic E-state index is 12.1. The summed E-state index contributed by atoms with van der Waals surface area (Å²) in [5.74, 6) is -1.81. The van der Waals surface area contributed by atoms with Crippen LogP contribution in [0.1, 0.15) is 11.1 Å². The minimum Gasteiger partial charge on any atom is -0.497 e. The number of methoxy groups -OCH3 is 3. The lowest BCUT2D eigenvalue weighted by Gasteiger charge is -2.34. The van der Waals surface area contributed by atoms with E-state index in [1.165, 1.54) is 12.0 Å². The molecule has 1 amide bonds. The van der Waals surface area contributed by atoms with Crippen LogP contribution in [0, 0.1) is 0 Å². The van der Waals surface area contributed by atoms with Crippen molar-refractivity contribution in [2.24, 2.45) is 0 Å². The highest BCUT2D eigenvalue weighted by atomic mass is 16.5. The van der Waals surface area contributed by atoms with Gasteiger partial charge in [-0.2, -0.15) is 0 Å². The van der Waals surface area contributed by atoms with Crippen LogP contribution in [0.15, 0.2) is 18.2 Å². The largest absolute Gasteiger partial charge is 0.497 e. The number of hydrogen-bond donors (Lipinski definition) is 0. The summed E-state index contributed by atoms with van der Waals surface area (Å²) in [6.45, 7) is 0.111. The Morgan fingerprint density at radius 2 is 1.82 bits per heavy atom. The van der Waals surface area contributed by atoms with Crippen molar-refractivity contribution < 1.29 is 28.6 Å². The molecule has 1 heterocycles. The Balaban J connectivity index is 2.38. The molecule has 0 saturated heterocycles. The zero-order valence-corrected chi connectivity index (χ0v) is 12.6. The maximum atomic E-state index is 12.1. The molecule has 0 N–H and O–H groups in total. The van der Waals surface area contributed by atoms with Gasteiger partial charge in [0.1, 0.15) is 11.8 Å². The predicted octanol–water partition coefficient (Wildman–Crippen LogP) is 0.294. The minimum absolute atomic E-state index is 0.111. The standard InChI is InChI=1S/C15H17NO6/c1-20-11-5-4-9-7-12(14(18)21-2)16(8-10(9)6-11)13(17)15(19)22-3/h4-6,12H,7-8H2,1-3H3/t12-/m0/s1. The van der Waals surface area contributed by atoms with E-state index in [0.717, 1.165) is 18.2 Å². The van der Waals surface area contributed by atoms with Crippen molar-refractivity contribution in [3.8, 4) is 5.75 Å². The summed E-state index contributed by atoms with van der Waals surface area (Å²) in [4.78, 5) is 36.7. The molecule has 0 spiro atoms. The lowest BCUT2D eigenvalue weighted by atomic mass is 9.93. The molecule has 0 bridgehead atoms. The van der Waals surface area contributed by atoms with Crippen molar-refractivity contribution in [3.63, 3.8) is 0 Å². The average molecular weight is 307 g/mol. The zero-order valence-electron chi connectivity index (χ0n) is 12.6. The van der Waals surface area contributed by atoms with E-state index >= 15 is 0 Å². The Bertz CT molecular complexity index is 612. The smallest absolute Gasteiger partial charge is 0.396 e. The third-order valence-electron chi connectivity index (χ3n) is 3.64. The molecule has 1 aliphatic heterocycles. The second-order valence-corrected chi connectivity index (χ2v) is 4.80. The maximum Gasteiger partial charge on any atom is 0.396 e. The van der Waals surface area contributed by atoms with Crippen LogP contribution < -0.4 is 4.74 Å². The van der Waals surface area contributed by atoms with Crippen LogP contribution in [0.25, 0.3) is 0 Å². The highest BCUT2D eigenvalue weighted by Gasteiger charge is 2.38. The SMILES string of the molecule is COC(=O)C(=O)N1Cc2cc(OC)ccc2C[C@H]1C(=O)OC. The van der Waals surface area contributed by atoms with Crippen molar-refractivity contribution >= 4 is 17.8 Å². The van der Waals surface area contributed by atoms with Crippen LogP contribution >= 0.6 is 0 Å². The molecule has 0 aromatic heterocycles. The first-order valence-electron chi connectivity index (χ1n) is 6.64. The van der Waals surface area contributed by atoms with Gasteiger partial charge in [0, 0.05) is 13.0 Å². The van der Waals surface area contributed by atoms with E-state index in [2.05, 4.69) is 4.74 Å². The molecular weight excluding hydrogens is 290 g/mol. The van der Waals surface area contributed by atoms with Gasteiger partial charge in [-0.05, 0) is 23.3 Å². The second-order valence-electron chi connectivity index (χ2n) is 4.80. The van der Waals surface area contributed by atoms with Gasteiger partial charge in [-0.25, -0.2) is 9.59 Å². The van der Waals surface area contributed by atoms with Crippen molar-refractivity contribution in [1.29, 1.82) is 0 Å². The fourth-order valence-electron chi connectivity index (χ4n) is 2.45. The highest BCUT2D eigenvalue weighted by Crippen LogP contribution is 2.27. The predicted molar refractivity (Wildman–Crippen MR) is 75.1 cm³/mol. The van der Waals surface area contributed by atoms with Gasteiger partial charge in [0.05, 0.1) is 21.3 Å². The Morgan fingerprint density at radius 3 is 2.41 bits per heavy atom. The van der Waals surface area contributed by atoms with Crippen LogP contribution in [0.2, 0.25) is 0 Å². The second kappa shape index (κ2) is 6.46. The fourth-order valence-corrected chi connectivity index (χ4v) is 2.45. The molecule has 0 unspecified atom stereocenters. The normalized spacial score (nSPS) is 16.5. The Morgan fingerprint density at radius 1 is 1.09 bits per heavy atom. The molecule has 118 valence electrons. The third-order valence-corrected chi connectivity index (χ3v) is 3.64. The van der Waals surface area contributed by atoms with Crippen LogP contribution in [0.5, 0.6) is 5.75 Å². The topological polar surface area (TPSA) is 82.1 Å². The summed E-state index contributed by atoms with van der Waals surface area (Å²) in [6, 6.07) is 4.55. The molecule has 7 nitrogen and oxygen atoms in total. The number of benzene rings is 1. The summed E-state index contributed by atoms with van der Waals surface area (Å²) in [6.07, 6.45) is 0.273. The Hall–Kier alpha value is -2.57. The fraction of sp³-hybridized carbons (Fsp3) is 0.400. The van der Waals surface area contributed by atoms with E-state index < -0.39 is 23.9 Å². The molecule has 22 heavy (non-hydrogen) atoms. The Labute approximate surface area is 127 Å². The van der Waals surface area contributed by atoms with Gasteiger partial charge in [-0.1, -0.05) is 6.07 Å². The molecular formula is C15H17NO6. The van der Waals surface area contributed by atoms with E-state index in [0.29, 0.717) is 5.75 Å². The molecule has 7 heteroatoms. The molecule has 2 rings (SSSR count). The van der Waals surface area contributed by atoms with E-state index in [1.54, 1.807) is 19.2 Å². The number of esters is 2. The summed E-state index contributed by atoms with van der Waals surface area (Å²) in [5, 5.41) is 0. The van der Waals surface area contributed by atoms with Crippen LogP contribution in [-0.4, -0.2) is 50.1 Å². The average Bonchev–Trinajstić information content (AvgIpc) is 2.57. The zero-order chi connectivity index (χ0) is 16.3. The first-order valence-corrected chi connectivity index (χ1v) is 6.64. The number of fused-ring (bicyclic) bond motifs is 1. The highest BCUT2D eigenvalue weighted by molar-refractivity contribution is 6.32. The van der Waals surface area contributed by atoms with Crippen LogP contribution in [-0.2, 0) is 36.8 Å². The van der Waals surface area contributed by atoms with Gasteiger partial charge >= 0.3 is 17.8 Å². The van der Waals surface area contributed by atoms with Gasteiger partial charge in [0.15, 0.2) is 0 Å². The molecule has 0 aliphatic carbocycles. The van der Waals surface area contributed by atoms with E-state index in [-0.39, 0.29) is 13.0 Å². The lowest BCUT2D eigenvalue weighted by molar-refractivity contribution is -0.164. The third kappa shape index (κ3) is 2.88. The van der Waals surface area contributed by atoms with Crippen molar-refractivity contribution in [2.45, 2.75) is 19.0 Å². The quantitative estimate of drug-likeness (QED) is 0.577.